The smallest absolute Gasteiger partial charge is 0.123 e. The van der Waals surface area contributed by atoms with E-state index < -0.39 is 0 Å². The summed E-state index contributed by atoms with van der Waals surface area (Å²) in [7, 11) is 0. The molecular formula is C17H23FN4O. The van der Waals surface area contributed by atoms with Gasteiger partial charge in [-0.15, -0.1) is 5.10 Å². The highest BCUT2D eigenvalue weighted by Crippen LogP contribution is 2.26. The van der Waals surface area contributed by atoms with Crippen LogP contribution in [0.1, 0.15) is 36.9 Å². The lowest BCUT2D eigenvalue weighted by atomic mass is 10.1. The molecule has 5 nitrogen and oxygen atoms in total. The molecule has 0 bridgehead atoms. The van der Waals surface area contributed by atoms with Crippen LogP contribution < -0.4 is 0 Å². The maximum absolute atomic E-state index is 13.1. The minimum Gasteiger partial charge on any atom is -0.368 e. The molecule has 0 radical (unpaired) electrons. The second kappa shape index (κ2) is 6.76. The van der Waals surface area contributed by atoms with Crippen LogP contribution in [-0.2, 0) is 17.8 Å². The number of aromatic nitrogens is 3. The van der Waals surface area contributed by atoms with Gasteiger partial charge in [0.15, 0.2) is 0 Å². The molecule has 2 atom stereocenters. The summed E-state index contributed by atoms with van der Waals surface area (Å²) >= 11 is 0. The van der Waals surface area contributed by atoms with Crippen molar-refractivity contribution < 1.29 is 9.13 Å². The lowest BCUT2D eigenvalue weighted by Crippen LogP contribution is -2.42. The number of rotatable bonds is 4. The summed E-state index contributed by atoms with van der Waals surface area (Å²) in [6.07, 6.45) is 0.0932. The molecule has 0 aliphatic carbocycles. The number of halogens is 1. The molecule has 2 heterocycles. The molecule has 3 rings (SSSR count). The lowest BCUT2D eigenvalue weighted by Gasteiger charge is -2.37. The molecule has 1 fully saturated rings. The average molecular weight is 318 g/mol. The van der Waals surface area contributed by atoms with E-state index in [0.29, 0.717) is 0 Å². The number of nitrogens with zero attached hydrogens (tertiary/aromatic N) is 4. The van der Waals surface area contributed by atoms with Crippen molar-refractivity contribution in [3.8, 4) is 0 Å². The van der Waals surface area contributed by atoms with Gasteiger partial charge in [-0.25, -0.2) is 9.07 Å². The van der Waals surface area contributed by atoms with Gasteiger partial charge < -0.3 is 4.74 Å². The summed E-state index contributed by atoms with van der Waals surface area (Å²) in [6.45, 7) is 9.41. The van der Waals surface area contributed by atoms with Crippen LogP contribution >= 0.6 is 0 Å². The standard InChI is InChI=1S/C17H23FN4O/c1-4-22-16(13(3)19-20-22)10-21-9-12(2)23-17(11-21)14-5-7-15(18)8-6-14/h5-8,12,17H,4,9-11H2,1-3H3. The van der Waals surface area contributed by atoms with E-state index in [1.807, 2.05) is 11.6 Å². The SMILES string of the molecule is CCn1nnc(C)c1CN1CC(C)OC(c2ccc(F)cc2)C1. The fraction of sp³-hybridized carbons (Fsp3) is 0.529. The molecule has 0 N–H and O–H groups in total. The number of hydrogen-bond donors (Lipinski definition) is 0. The summed E-state index contributed by atoms with van der Waals surface area (Å²) in [4.78, 5) is 2.36. The van der Waals surface area contributed by atoms with E-state index in [1.54, 1.807) is 12.1 Å². The van der Waals surface area contributed by atoms with Gasteiger partial charge in [0, 0.05) is 26.2 Å². The molecule has 124 valence electrons. The van der Waals surface area contributed by atoms with Crippen LogP contribution in [0, 0.1) is 12.7 Å². The van der Waals surface area contributed by atoms with Gasteiger partial charge in [0.2, 0.25) is 0 Å². The molecule has 2 aromatic rings. The first-order chi connectivity index (χ1) is 11.1. The third-order valence-electron chi connectivity index (χ3n) is 4.28. The highest BCUT2D eigenvalue weighted by molar-refractivity contribution is 5.20. The third-order valence-corrected chi connectivity index (χ3v) is 4.28. The Morgan fingerprint density at radius 3 is 2.70 bits per heavy atom. The molecule has 0 spiro atoms. The number of ether oxygens (including phenoxy) is 1. The van der Waals surface area contributed by atoms with E-state index in [4.69, 9.17) is 4.74 Å². The van der Waals surface area contributed by atoms with Gasteiger partial charge in [0.25, 0.3) is 0 Å². The maximum Gasteiger partial charge on any atom is 0.123 e. The third kappa shape index (κ3) is 3.59. The minimum absolute atomic E-state index is 0.0365. The highest BCUT2D eigenvalue weighted by atomic mass is 19.1. The molecule has 23 heavy (non-hydrogen) atoms. The van der Waals surface area contributed by atoms with Crippen LogP contribution in [0.2, 0.25) is 0 Å². The first kappa shape index (κ1) is 16.1. The molecule has 0 amide bonds. The Bertz CT molecular complexity index is 655. The number of morpholine rings is 1. The minimum atomic E-state index is -0.219. The monoisotopic (exact) mass is 318 g/mol. The molecule has 1 saturated heterocycles. The molecule has 0 saturated carbocycles. The quantitative estimate of drug-likeness (QED) is 0.869. The number of benzene rings is 1. The zero-order valence-electron chi connectivity index (χ0n) is 13.9. The second-order valence-electron chi connectivity index (χ2n) is 6.12. The van der Waals surface area contributed by atoms with E-state index in [1.165, 1.54) is 12.1 Å². The summed E-state index contributed by atoms with van der Waals surface area (Å²) in [5, 5.41) is 8.34. The van der Waals surface area contributed by atoms with Gasteiger partial charge in [-0.1, -0.05) is 17.3 Å². The van der Waals surface area contributed by atoms with Gasteiger partial charge >= 0.3 is 0 Å². The zero-order chi connectivity index (χ0) is 16.4. The van der Waals surface area contributed by atoms with Crippen molar-refractivity contribution >= 4 is 0 Å². The first-order valence-corrected chi connectivity index (χ1v) is 8.09. The predicted octanol–water partition coefficient (Wildman–Crippen LogP) is 2.71. The Balaban J connectivity index is 1.75. The first-order valence-electron chi connectivity index (χ1n) is 8.09. The number of aryl methyl sites for hydroxylation is 2. The van der Waals surface area contributed by atoms with Crippen molar-refractivity contribution in [3.63, 3.8) is 0 Å². The van der Waals surface area contributed by atoms with Gasteiger partial charge in [-0.3, -0.25) is 4.90 Å². The largest absolute Gasteiger partial charge is 0.368 e. The summed E-state index contributed by atoms with van der Waals surface area (Å²) in [6, 6.07) is 6.59. The molecular weight excluding hydrogens is 295 g/mol. The average Bonchev–Trinajstić information content (AvgIpc) is 2.88. The van der Waals surface area contributed by atoms with Crippen LogP contribution in [0.15, 0.2) is 24.3 Å². The highest BCUT2D eigenvalue weighted by Gasteiger charge is 2.27. The Kier molecular flexibility index (Phi) is 4.73. The van der Waals surface area contributed by atoms with Crippen LogP contribution in [0.4, 0.5) is 4.39 Å². The molecule has 2 unspecified atom stereocenters. The molecule has 1 aliphatic heterocycles. The molecule has 6 heteroatoms. The fourth-order valence-electron chi connectivity index (χ4n) is 3.11. The van der Waals surface area contributed by atoms with Gasteiger partial charge in [-0.2, -0.15) is 0 Å². The van der Waals surface area contributed by atoms with Crippen LogP contribution in [0.25, 0.3) is 0 Å². The normalized spacial score (nSPS) is 22.4. The predicted molar refractivity (Wildman–Crippen MR) is 85.4 cm³/mol. The lowest BCUT2D eigenvalue weighted by molar-refractivity contribution is -0.0820. The van der Waals surface area contributed by atoms with E-state index in [9.17, 15) is 4.39 Å². The molecule has 1 aliphatic rings. The Morgan fingerprint density at radius 1 is 1.26 bits per heavy atom. The summed E-state index contributed by atoms with van der Waals surface area (Å²) in [5.41, 5.74) is 3.14. The van der Waals surface area contributed by atoms with E-state index >= 15 is 0 Å². The van der Waals surface area contributed by atoms with Crippen molar-refractivity contribution in [2.75, 3.05) is 13.1 Å². The van der Waals surface area contributed by atoms with Crippen molar-refractivity contribution in [1.29, 1.82) is 0 Å². The van der Waals surface area contributed by atoms with Crippen molar-refractivity contribution in [1.82, 2.24) is 19.9 Å². The Hall–Kier alpha value is -1.79. The maximum atomic E-state index is 13.1. The summed E-state index contributed by atoms with van der Waals surface area (Å²) < 4.78 is 21.1. The topological polar surface area (TPSA) is 43.2 Å². The van der Waals surface area contributed by atoms with Gasteiger partial charge in [-0.05, 0) is 38.5 Å². The molecule has 1 aromatic heterocycles. The zero-order valence-corrected chi connectivity index (χ0v) is 13.9. The number of hydrogen-bond acceptors (Lipinski definition) is 4. The summed E-state index contributed by atoms with van der Waals surface area (Å²) in [5.74, 6) is -0.219. The van der Waals surface area contributed by atoms with Crippen LogP contribution in [-0.4, -0.2) is 39.1 Å². The Labute approximate surface area is 136 Å². The Morgan fingerprint density at radius 2 is 2.00 bits per heavy atom. The van der Waals surface area contributed by atoms with Crippen LogP contribution in [0.5, 0.6) is 0 Å². The molecule has 1 aromatic carbocycles. The fourth-order valence-corrected chi connectivity index (χ4v) is 3.11. The van der Waals surface area contributed by atoms with Gasteiger partial charge in [0.1, 0.15) is 5.82 Å². The van der Waals surface area contributed by atoms with Crippen LogP contribution in [0.3, 0.4) is 0 Å². The van der Waals surface area contributed by atoms with Crippen molar-refractivity contribution in [2.24, 2.45) is 0 Å². The van der Waals surface area contributed by atoms with E-state index in [2.05, 4.69) is 29.1 Å². The second-order valence-corrected chi connectivity index (χ2v) is 6.12. The van der Waals surface area contributed by atoms with Crippen molar-refractivity contribution in [2.45, 2.75) is 46.1 Å². The van der Waals surface area contributed by atoms with E-state index in [-0.39, 0.29) is 18.0 Å². The van der Waals surface area contributed by atoms with E-state index in [0.717, 1.165) is 43.1 Å². The van der Waals surface area contributed by atoms with Crippen molar-refractivity contribution in [3.05, 3.63) is 47.0 Å². The van der Waals surface area contributed by atoms with Gasteiger partial charge in [0.05, 0.1) is 23.6 Å².